The molecule has 1 atom stereocenters. The zero-order chi connectivity index (χ0) is 16.4. The van der Waals surface area contributed by atoms with Gasteiger partial charge in [-0.05, 0) is 31.2 Å². The number of nitrogens with one attached hydrogen (secondary N) is 1. The van der Waals surface area contributed by atoms with Crippen molar-refractivity contribution in [2.75, 3.05) is 19.7 Å². The maximum absolute atomic E-state index is 11.4. The largest absolute Gasteiger partial charge is 0.465 e. The van der Waals surface area contributed by atoms with E-state index in [4.69, 9.17) is 14.2 Å². The molecule has 1 unspecified atom stereocenters. The number of likely N-dealkylation sites (N-methyl/N-ethyl adjacent to an activating group) is 1. The van der Waals surface area contributed by atoms with Gasteiger partial charge in [0.25, 0.3) is 0 Å². The first-order valence-electron chi connectivity index (χ1n) is 7.77. The van der Waals surface area contributed by atoms with E-state index in [1.54, 1.807) is 0 Å². The number of esters is 1. The molecule has 124 valence electrons. The Kier molecular flexibility index (Phi) is 8.55. The van der Waals surface area contributed by atoms with Crippen LogP contribution in [-0.2, 0) is 20.9 Å². The first kappa shape index (κ1) is 18.5. The molecule has 1 N–H and O–H groups in total. The van der Waals surface area contributed by atoms with Crippen molar-refractivity contribution in [1.29, 1.82) is 0 Å². The van der Waals surface area contributed by atoms with Gasteiger partial charge in [0.15, 0.2) is 6.29 Å². The Morgan fingerprint density at radius 1 is 1.18 bits per heavy atom. The van der Waals surface area contributed by atoms with Crippen LogP contribution in [0, 0.1) is 5.92 Å². The van der Waals surface area contributed by atoms with Gasteiger partial charge in [0.1, 0.15) is 12.4 Å². The van der Waals surface area contributed by atoms with Crippen molar-refractivity contribution in [3.8, 4) is 5.75 Å². The van der Waals surface area contributed by atoms with Crippen LogP contribution < -0.4 is 10.1 Å². The summed E-state index contributed by atoms with van der Waals surface area (Å²) >= 11 is 0. The fourth-order valence-corrected chi connectivity index (χ4v) is 1.68. The molecule has 0 spiro atoms. The van der Waals surface area contributed by atoms with Gasteiger partial charge >= 0.3 is 5.97 Å². The van der Waals surface area contributed by atoms with Gasteiger partial charge in [-0.1, -0.05) is 32.9 Å². The summed E-state index contributed by atoms with van der Waals surface area (Å²) in [5.41, 5.74) is 0.932. The number of carbonyl (C=O) groups excluding carboxylic acids is 1. The van der Waals surface area contributed by atoms with E-state index in [1.807, 2.05) is 45.0 Å². The van der Waals surface area contributed by atoms with E-state index in [0.717, 1.165) is 24.4 Å². The third-order valence-corrected chi connectivity index (χ3v) is 2.96. The second-order valence-electron chi connectivity index (χ2n) is 5.32. The molecule has 0 bridgehead atoms. The average Bonchev–Trinajstić information content (AvgIpc) is 2.50. The SMILES string of the molecule is CCNCCOC(C)Oc1ccc(COC(=O)C(C)C)cc1. The molecule has 0 aromatic heterocycles. The van der Waals surface area contributed by atoms with Crippen LogP contribution in [0.25, 0.3) is 0 Å². The van der Waals surface area contributed by atoms with Gasteiger partial charge in [0.05, 0.1) is 12.5 Å². The molecule has 22 heavy (non-hydrogen) atoms. The minimum Gasteiger partial charge on any atom is -0.465 e. The number of carbonyl (C=O) groups is 1. The molecular formula is C17H27NO4. The van der Waals surface area contributed by atoms with Crippen molar-refractivity contribution >= 4 is 5.97 Å². The Labute approximate surface area is 132 Å². The lowest BCUT2D eigenvalue weighted by molar-refractivity contribution is -0.148. The Balaban J connectivity index is 2.33. The molecule has 0 aliphatic heterocycles. The van der Waals surface area contributed by atoms with Crippen LogP contribution in [0.15, 0.2) is 24.3 Å². The smallest absolute Gasteiger partial charge is 0.308 e. The number of hydrogen-bond acceptors (Lipinski definition) is 5. The van der Waals surface area contributed by atoms with Crippen molar-refractivity contribution < 1.29 is 19.0 Å². The zero-order valence-electron chi connectivity index (χ0n) is 13.9. The van der Waals surface area contributed by atoms with E-state index < -0.39 is 0 Å². The average molecular weight is 309 g/mol. The van der Waals surface area contributed by atoms with E-state index in [9.17, 15) is 4.79 Å². The highest BCUT2D eigenvalue weighted by molar-refractivity contribution is 5.71. The molecule has 0 radical (unpaired) electrons. The molecule has 1 rings (SSSR count). The summed E-state index contributed by atoms with van der Waals surface area (Å²) in [4.78, 5) is 11.4. The third kappa shape index (κ3) is 7.43. The van der Waals surface area contributed by atoms with E-state index in [0.29, 0.717) is 6.61 Å². The summed E-state index contributed by atoms with van der Waals surface area (Å²) in [6, 6.07) is 7.47. The molecule has 0 aliphatic rings. The van der Waals surface area contributed by atoms with Crippen LogP contribution in [-0.4, -0.2) is 32.0 Å². The quantitative estimate of drug-likeness (QED) is 0.409. The standard InChI is InChI=1S/C17H27NO4/c1-5-18-10-11-20-14(4)22-16-8-6-15(7-9-16)12-21-17(19)13(2)3/h6-9,13-14,18H,5,10-12H2,1-4H3. The predicted octanol–water partition coefficient (Wildman–Crippen LogP) is 2.74. The fourth-order valence-electron chi connectivity index (χ4n) is 1.68. The molecule has 0 amide bonds. The minimum absolute atomic E-state index is 0.109. The molecule has 1 aromatic rings. The molecule has 0 saturated carbocycles. The third-order valence-electron chi connectivity index (χ3n) is 2.96. The summed E-state index contributed by atoms with van der Waals surface area (Å²) in [6.07, 6.45) is -0.303. The molecule has 5 nitrogen and oxygen atoms in total. The maximum Gasteiger partial charge on any atom is 0.308 e. The van der Waals surface area contributed by atoms with E-state index in [1.165, 1.54) is 0 Å². The predicted molar refractivity (Wildman–Crippen MR) is 85.7 cm³/mol. The number of hydrogen-bond donors (Lipinski definition) is 1. The molecule has 0 fully saturated rings. The maximum atomic E-state index is 11.4. The second-order valence-corrected chi connectivity index (χ2v) is 5.32. The highest BCUT2D eigenvalue weighted by atomic mass is 16.7. The van der Waals surface area contributed by atoms with E-state index in [2.05, 4.69) is 12.2 Å². The van der Waals surface area contributed by atoms with Gasteiger partial charge < -0.3 is 19.5 Å². The van der Waals surface area contributed by atoms with Crippen LogP contribution >= 0.6 is 0 Å². The van der Waals surface area contributed by atoms with E-state index >= 15 is 0 Å². The highest BCUT2D eigenvalue weighted by Gasteiger charge is 2.08. The van der Waals surface area contributed by atoms with Crippen molar-refractivity contribution in [2.24, 2.45) is 5.92 Å². The van der Waals surface area contributed by atoms with Gasteiger partial charge in [-0.3, -0.25) is 4.79 Å². The molecule has 0 aliphatic carbocycles. The van der Waals surface area contributed by atoms with Crippen LogP contribution in [0.2, 0.25) is 0 Å². The number of benzene rings is 1. The zero-order valence-corrected chi connectivity index (χ0v) is 13.9. The van der Waals surface area contributed by atoms with Gasteiger partial charge in [0, 0.05) is 6.54 Å². The van der Waals surface area contributed by atoms with Gasteiger partial charge in [-0.25, -0.2) is 0 Å². The minimum atomic E-state index is -0.303. The summed E-state index contributed by atoms with van der Waals surface area (Å²) in [5, 5.41) is 3.18. The van der Waals surface area contributed by atoms with Crippen LogP contribution in [0.4, 0.5) is 0 Å². The second kappa shape index (κ2) is 10.2. The lowest BCUT2D eigenvalue weighted by Crippen LogP contribution is -2.24. The first-order valence-corrected chi connectivity index (χ1v) is 7.77. The van der Waals surface area contributed by atoms with Gasteiger partial charge in [-0.2, -0.15) is 0 Å². The lowest BCUT2D eigenvalue weighted by Gasteiger charge is -2.16. The fraction of sp³-hybridized carbons (Fsp3) is 0.588. The summed E-state index contributed by atoms with van der Waals surface area (Å²) < 4.78 is 16.4. The van der Waals surface area contributed by atoms with Crippen molar-refractivity contribution in [3.63, 3.8) is 0 Å². The molecule has 0 saturated heterocycles. The topological polar surface area (TPSA) is 56.8 Å². The molecule has 1 aromatic carbocycles. The van der Waals surface area contributed by atoms with Crippen LogP contribution in [0.1, 0.15) is 33.3 Å². The normalized spacial score (nSPS) is 12.2. The Hall–Kier alpha value is -1.59. The molecule has 5 heteroatoms. The van der Waals surface area contributed by atoms with E-state index in [-0.39, 0.29) is 24.8 Å². The lowest BCUT2D eigenvalue weighted by atomic mass is 10.2. The summed E-state index contributed by atoms with van der Waals surface area (Å²) in [5.74, 6) is 0.431. The van der Waals surface area contributed by atoms with Crippen LogP contribution in [0.5, 0.6) is 5.75 Å². The monoisotopic (exact) mass is 309 g/mol. The first-order chi connectivity index (χ1) is 10.5. The van der Waals surface area contributed by atoms with Crippen molar-refractivity contribution in [3.05, 3.63) is 29.8 Å². The Bertz CT molecular complexity index is 431. The Morgan fingerprint density at radius 3 is 2.45 bits per heavy atom. The molecule has 0 heterocycles. The van der Waals surface area contributed by atoms with Gasteiger partial charge in [0.2, 0.25) is 0 Å². The Morgan fingerprint density at radius 2 is 1.86 bits per heavy atom. The van der Waals surface area contributed by atoms with Gasteiger partial charge in [-0.15, -0.1) is 0 Å². The van der Waals surface area contributed by atoms with Crippen molar-refractivity contribution in [1.82, 2.24) is 5.32 Å². The van der Waals surface area contributed by atoms with Crippen molar-refractivity contribution in [2.45, 2.75) is 40.6 Å². The van der Waals surface area contributed by atoms with Crippen LogP contribution in [0.3, 0.4) is 0 Å². The molecular weight excluding hydrogens is 282 g/mol. The summed E-state index contributed by atoms with van der Waals surface area (Å²) in [6.45, 7) is 10.2. The highest BCUT2D eigenvalue weighted by Crippen LogP contribution is 2.15. The number of ether oxygens (including phenoxy) is 3. The number of rotatable bonds is 10. The summed E-state index contributed by atoms with van der Waals surface area (Å²) in [7, 11) is 0.